The van der Waals surface area contributed by atoms with Crippen LogP contribution in [-0.2, 0) is 27.2 Å². The molecule has 7 heteroatoms. The molecule has 0 aliphatic heterocycles. The first-order valence-electron chi connectivity index (χ1n) is 11.4. The van der Waals surface area contributed by atoms with Gasteiger partial charge >= 0.3 is 5.97 Å². The first kappa shape index (κ1) is 23.2. The van der Waals surface area contributed by atoms with Crippen LogP contribution >= 0.6 is 0 Å². The Labute approximate surface area is 183 Å². The van der Waals surface area contributed by atoms with E-state index in [2.05, 4.69) is 0 Å². The normalized spacial score (nSPS) is 17.8. The number of aromatic hydroxyl groups is 3. The van der Waals surface area contributed by atoms with Crippen molar-refractivity contribution in [2.75, 3.05) is 0 Å². The number of carboxylic acid groups (broad SMARTS) is 1. The summed E-state index contributed by atoms with van der Waals surface area (Å²) >= 11 is 0. The van der Waals surface area contributed by atoms with Crippen LogP contribution in [0.1, 0.15) is 88.2 Å². The van der Waals surface area contributed by atoms with Crippen LogP contribution in [0, 0.1) is 5.41 Å². The van der Waals surface area contributed by atoms with Gasteiger partial charge in [0.05, 0.1) is 5.41 Å². The van der Waals surface area contributed by atoms with Crippen molar-refractivity contribution in [3.63, 3.8) is 0 Å². The molecule has 172 valence electrons. The van der Waals surface area contributed by atoms with Gasteiger partial charge < -0.3 is 25.2 Å². The molecule has 1 aromatic rings. The highest BCUT2D eigenvalue weighted by Gasteiger charge is 2.49. The minimum atomic E-state index is -0.681. The van der Waals surface area contributed by atoms with Crippen LogP contribution in [0.5, 0.6) is 17.2 Å². The third-order valence-corrected chi connectivity index (χ3v) is 7.01. The number of carbonyl (C=O) groups excluding carboxylic acids is 1. The molecule has 3 rings (SSSR count). The second-order valence-electron chi connectivity index (χ2n) is 9.33. The van der Waals surface area contributed by atoms with Gasteiger partial charge in [-0.3, -0.25) is 9.59 Å². The molecule has 0 unspecified atom stereocenters. The van der Waals surface area contributed by atoms with Crippen molar-refractivity contribution in [1.29, 1.82) is 0 Å². The number of aryl methyl sites for hydroxylation is 1. The molecule has 0 saturated heterocycles. The Kier molecular flexibility index (Phi) is 7.34. The maximum atomic E-state index is 11.2. The van der Waals surface area contributed by atoms with Gasteiger partial charge in [-0.25, -0.2) is 0 Å². The average molecular weight is 435 g/mol. The lowest BCUT2D eigenvalue weighted by Crippen LogP contribution is -2.14. The van der Waals surface area contributed by atoms with Gasteiger partial charge in [-0.1, -0.05) is 19.3 Å². The molecule has 0 amide bonds. The summed E-state index contributed by atoms with van der Waals surface area (Å²) < 4.78 is 5.13. The Morgan fingerprint density at radius 3 is 2.16 bits per heavy atom. The van der Waals surface area contributed by atoms with Gasteiger partial charge in [-0.05, 0) is 76.7 Å². The Morgan fingerprint density at radius 2 is 1.55 bits per heavy atom. The van der Waals surface area contributed by atoms with Gasteiger partial charge in [0, 0.05) is 11.1 Å². The Hall–Kier alpha value is -2.44. The number of unbranched alkanes of at least 4 members (excludes halogenated alkanes) is 4. The van der Waals surface area contributed by atoms with E-state index in [0.29, 0.717) is 30.4 Å². The standard InChI is InChI=1S/C24H34O7/c25-16-31-24(13-14-24)10-6-4-7-17-15-19(26)18(21(28)20(17)27)8-3-1-2-5-9-23(11-12-23)22(29)30/h15-16,26-28H,1-14H2,(H,29,30). The molecule has 0 atom stereocenters. The van der Waals surface area contributed by atoms with E-state index in [9.17, 15) is 30.0 Å². The molecule has 4 N–H and O–H groups in total. The molecular formula is C24H34O7. The van der Waals surface area contributed by atoms with Gasteiger partial charge in [0.2, 0.25) is 0 Å². The van der Waals surface area contributed by atoms with Crippen molar-refractivity contribution in [1.82, 2.24) is 0 Å². The molecule has 31 heavy (non-hydrogen) atoms. The number of rotatable bonds is 15. The van der Waals surface area contributed by atoms with Gasteiger partial charge in [-0.2, -0.15) is 0 Å². The minimum absolute atomic E-state index is 0.00365. The van der Waals surface area contributed by atoms with E-state index >= 15 is 0 Å². The highest BCUT2D eigenvalue weighted by molar-refractivity contribution is 5.77. The van der Waals surface area contributed by atoms with Crippen LogP contribution in [0.3, 0.4) is 0 Å². The summed E-state index contributed by atoms with van der Waals surface area (Å²) in [6, 6.07) is 1.53. The quantitative estimate of drug-likeness (QED) is 0.138. The van der Waals surface area contributed by atoms with E-state index in [1.807, 2.05) is 0 Å². The van der Waals surface area contributed by atoms with Crippen LogP contribution in [0.15, 0.2) is 6.07 Å². The topological polar surface area (TPSA) is 124 Å². The second kappa shape index (κ2) is 9.79. The van der Waals surface area contributed by atoms with Gasteiger partial charge in [-0.15, -0.1) is 0 Å². The van der Waals surface area contributed by atoms with Crippen LogP contribution in [0.4, 0.5) is 0 Å². The smallest absolute Gasteiger partial charge is 0.309 e. The zero-order valence-electron chi connectivity index (χ0n) is 18.1. The third-order valence-electron chi connectivity index (χ3n) is 7.01. The molecule has 1 aromatic carbocycles. The Bertz CT molecular complexity index is 794. The molecule has 2 aliphatic carbocycles. The summed E-state index contributed by atoms with van der Waals surface area (Å²) in [6.45, 7) is 0.507. The first-order chi connectivity index (χ1) is 14.8. The highest BCUT2D eigenvalue weighted by atomic mass is 16.5. The molecular weight excluding hydrogens is 400 g/mol. The largest absolute Gasteiger partial charge is 0.508 e. The van der Waals surface area contributed by atoms with Crippen molar-refractivity contribution in [2.45, 2.75) is 95.5 Å². The molecule has 2 fully saturated rings. The van der Waals surface area contributed by atoms with Crippen LogP contribution < -0.4 is 0 Å². The number of aliphatic carboxylic acids is 1. The number of ether oxygens (including phenoxy) is 1. The van der Waals surface area contributed by atoms with E-state index < -0.39 is 11.4 Å². The van der Waals surface area contributed by atoms with Crippen molar-refractivity contribution >= 4 is 12.4 Å². The number of phenols is 3. The molecule has 0 spiro atoms. The zero-order chi connectivity index (χ0) is 22.5. The monoisotopic (exact) mass is 434 g/mol. The van der Waals surface area contributed by atoms with Crippen LogP contribution in [0.2, 0.25) is 0 Å². The molecule has 2 aliphatic rings. The van der Waals surface area contributed by atoms with E-state index in [0.717, 1.165) is 77.0 Å². The van der Waals surface area contributed by atoms with Gasteiger partial charge in [0.1, 0.15) is 11.4 Å². The van der Waals surface area contributed by atoms with Crippen molar-refractivity contribution in [2.24, 2.45) is 5.41 Å². The predicted molar refractivity (Wildman–Crippen MR) is 114 cm³/mol. The Balaban J connectivity index is 1.40. The maximum absolute atomic E-state index is 11.2. The Morgan fingerprint density at radius 1 is 0.903 bits per heavy atom. The third kappa shape index (κ3) is 5.83. The van der Waals surface area contributed by atoms with E-state index in [1.165, 1.54) is 6.07 Å². The lowest BCUT2D eigenvalue weighted by atomic mass is 9.96. The molecule has 0 bridgehead atoms. The molecule has 7 nitrogen and oxygen atoms in total. The zero-order valence-corrected chi connectivity index (χ0v) is 18.1. The second-order valence-corrected chi connectivity index (χ2v) is 9.33. The summed E-state index contributed by atoms with van der Waals surface area (Å²) in [5.74, 6) is -1.11. The van der Waals surface area contributed by atoms with Crippen LogP contribution in [0.25, 0.3) is 0 Å². The summed E-state index contributed by atoms with van der Waals surface area (Å²) in [5.41, 5.74) is 0.119. The van der Waals surface area contributed by atoms with Crippen molar-refractivity contribution < 1.29 is 34.8 Å². The fourth-order valence-electron chi connectivity index (χ4n) is 4.45. The van der Waals surface area contributed by atoms with E-state index in [4.69, 9.17) is 4.74 Å². The summed E-state index contributed by atoms with van der Waals surface area (Å²) in [4.78, 5) is 21.7. The number of carbonyl (C=O) groups is 2. The van der Waals surface area contributed by atoms with Gasteiger partial charge in [0.25, 0.3) is 6.47 Å². The van der Waals surface area contributed by atoms with E-state index in [-0.39, 0.29) is 22.8 Å². The van der Waals surface area contributed by atoms with Gasteiger partial charge in [0.15, 0.2) is 11.5 Å². The summed E-state index contributed by atoms with van der Waals surface area (Å²) in [5, 5.41) is 40.3. The molecule has 0 radical (unpaired) electrons. The molecule has 0 aromatic heterocycles. The summed E-state index contributed by atoms with van der Waals surface area (Å²) in [7, 11) is 0. The number of hydrogen-bond acceptors (Lipinski definition) is 6. The average Bonchev–Trinajstić information content (AvgIpc) is 3.65. The molecule has 0 heterocycles. The fourth-order valence-corrected chi connectivity index (χ4v) is 4.45. The lowest BCUT2D eigenvalue weighted by Gasteiger charge is -2.15. The first-order valence-corrected chi connectivity index (χ1v) is 11.4. The highest BCUT2D eigenvalue weighted by Crippen LogP contribution is 2.50. The maximum Gasteiger partial charge on any atom is 0.309 e. The lowest BCUT2D eigenvalue weighted by molar-refractivity contribution is -0.143. The number of carboxylic acids is 1. The van der Waals surface area contributed by atoms with Crippen LogP contribution in [-0.4, -0.2) is 38.5 Å². The summed E-state index contributed by atoms with van der Waals surface area (Å²) in [6.07, 6.45) is 10.8. The number of hydrogen-bond donors (Lipinski definition) is 4. The van der Waals surface area contributed by atoms with Crippen molar-refractivity contribution in [3.8, 4) is 17.2 Å². The number of phenolic OH excluding ortho intramolecular Hbond substituents is 3. The number of benzene rings is 1. The van der Waals surface area contributed by atoms with E-state index in [1.54, 1.807) is 0 Å². The SMILES string of the molecule is O=COC1(CCCCc2cc(O)c(CCCCCCC3(C(=O)O)CC3)c(O)c2O)CC1. The predicted octanol–water partition coefficient (Wildman–Crippen LogP) is 4.58. The fraction of sp³-hybridized carbons (Fsp3) is 0.667. The van der Waals surface area contributed by atoms with Crippen molar-refractivity contribution in [3.05, 3.63) is 17.2 Å². The minimum Gasteiger partial charge on any atom is -0.508 e. The molecule has 2 saturated carbocycles.